The molecule has 1 aromatic rings. The molecule has 0 saturated carbocycles. The molecule has 0 saturated heterocycles. The molecule has 112 valence electrons. The molecule has 0 aliphatic heterocycles. The molecule has 0 aliphatic rings. The molecule has 1 aromatic carbocycles. The van der Waals surface area contributed by atoms with Crippen LogP contribution >= 0.6 is 11.6 Å². The van der Waals surface area contributed by atoms with Gasteiger partial charge in [0, 0.05) is 16.4 Å². The van der Waals surface area contributed by atoms with Crippen LogP contribution in [0.5, 0.6) is 0 Å². The van der Waals surface area contributed by atoms with E-state index in [2.05, 4.69) is 0 Å². The summed E-state index contributed by atoms with van der Waals surface area (Å²) in [6.45, 7) is 1.76. The minimum absolute atomic E-state index is 0.0526. The van der Waals surface area contributed by atoms with Crippen LogP contribution in [-0.2, 0) is 20.6 Å². The number of hydrogen-bond acceptors (Lipinski definition) is 4. The third-order valence-electron chi connectivity index (χ3n) is 2.53. The number of benzene rings is 1. The molecule has 0 heterocycles. The van der Waals surface area contributed by atoms with Crippen LogP contribution in [0.1, 0.15) is 23.7 Å². The van der Waals surface area contributed by atoms with Crippen LogP contribution in [0.25, 0.3) is 0 Å². The lowest BCUT2D eigenvalue weighted by Gasteiger charge is -2.05. The molecular formula is C12H15ClO5S2. The number of aromatic carboxylic acids is 1. The first-order chi connectivity index (χ1) is 9.26. The van der Waals surface area contributed by atoms with Gasteiger partial charge in [0.05, 0.1) is 27.1 Å². The Bertz CT molecular complexity index is 625. The van der Waals surface area contributed by atoms with Crippen molar-refractivity contribution in [3.05, 3.63) is 28.8 Å². The van der Waals surface area contributed by atoms with Crippen molar-refractivity contribution in [2.45, 2.75) is 18.2 Å². The summed E-state index contributed by atoms with van der Waals surface area (Å²) in [5.41, 5.74) is -0.145. The van der Waals surface area contributed by atoms with Crippen molar-refractivity contribution < 1.29 is 22.5 Å². The van der Waals surface area contributed by atoms with Gasteiger partial charge < -0.3 is 5.11 Å². The third-order valence-corrected chi connectivity index (χ3v) is 6.33. The number of hydrogen-bond donors (Lipinski definition) is 1. The van der Waals surface area contributed by atoms with Gasteiger partial charge in [0.1, 0.15) is 0 Å². The standard InChI is InChI=1S/C12H15ClO5S2/c1-2-6-20(17,18)7-5-19(16)9-3-4-11(13)10(8-9)12(14)15/h3-4,8H,2,5-7H2,1H3,(H,14,15). The fourth-order valence-corrected chi connectivity index (χ4v) is 4.89. The summed E-state index contributed by atoms with van der Waals surface area (Å²) in [6.07, 6.45) is 0.513. The van der Waals surface area contributed by atoms with E-state index in [0.29, 0.717) is 6.42 Å². The monoisotopic (exact) mass is 338 g/mol. The van der Waals surface area contributed by atoms with Crippen molar-refractivity contribution in [2.75, 3.05) is 17.3 Å². The molecule has 1 rings (SSSR count). The molecule has 0 spiro atoms. The number of carboxylic acids is 1. The second-order valence-corrected chi connectivity index (χ2v) is 8.43. The van der Waals surface area contributed by atoms with E-state index in [0.717, 1.165) is 0 Å². The molecule has 20 heavy (non-hydrogen) atoms. The van der Waals surface area contributed by atoms with E-state index in [9.17, 15) is 17.4 Å². The van der Waals surface area contributed by atoms with Crippen LogP contribution < -0.4 is 0 Å². The molecule has 5 nitrogen and oxygen atoms in total. The first-order valence-corrected chi connectivity index (χ1v) is 9.40. The normalized spacial score (nSPS) is 13.1. The van der Waals surface area contributed by atoms with Gasteiger partial charge in [0.2, 0.25) is 0 Å². The summed E-state index contributed by atoms with van der Waals surface area (Å²) >= 11 is 5.71. The lowest BCUT2D eigenvalue weighted by atomic mass is 10.2. The smallest absolute Gasteiger partial charge is 0.337 e. The zero-order chi connectivity index (χ0) is 15.3. The van der Waals surface area contributed by atoms with E-state index in [1.54, 1.807) is 6.92 Å². The van der Waals surface area contributed by atoms with Gasteiger partial charge in [-0.15, -0.1) is 0 Å². The van der Waals surface area contributed by atoms with Crippen molar-refractivity contribution in [3.63, 3.8) is 0 Å². The summed E-state index contributed by atoms with van der Waals surface area (Å²) in [7, 11) is -4.77. The average Bonchev–Trinajstić information content (AvgIpc) is 2.36. The van der Waals surface area contributed by atoms with Crippen LogP contribution in [0.3, 0.4) is 0 Å². The maximum Gasteiger partial charge on any atom is 0.337 e. The Labute approximate surface area is 125 Å². The number of carboxylic acid groups (broad SMARTS) is 1. The molecule has 0 aromatic heterocycles. The maximum absolute atomic E-state index is 12.0. The predicted octanol–water partition coefficient (Wildman–Crippen LogP) is 1.97. The van der Waals surface area contributed by atoms with Crippen molar-refractivity contribution in [1.82, 2.24) is 0 Å². The SMILES string of the molecule is CCCS(=O)(=O)CCS(=O)c1ccc(Cl)c(C(=O)O)c1. The Balaban J connectivity index is 2.84. The molecule has 1 unspecified atom stereocenters. The second kappa shape index (κ2) is 7.19. The van der Waals surface area contributed by atoms with Crippen molar-refractivity contribution in [2.24, 2.45) is 0 Å². The van der Waals surface area contributed by atoms with Crippen LogP contribution in [0.2, 0.25) is 5.02 Å². The number of sulfone groups is 1. The number of halogens is 1. The van der Waals surface area contributed by atoms with Gasteiger partial charge in [-0.1, -0.05) is 18.5 Å². The zero-order valence-electron chi connectivity index (χ0n) is 10.8. The van der Waals surface area contributed by atoms with Gasteiger partial charge in [0.15, 0.2) is 9.84 Å². The largest absolute Gasteiger partial charge is 0.478 e. The maximum atomic E-state index is 12.0. The van der Waals surface area contributed by atoms with E-state index in [-0.39, 0.29) is 32.7 Å². The molecule has 0 radical (unpaired) electrons. The first-order valence-electron chi connectivity index (χ1n) is 5.88. The van der Waals surface area contributed by atoms with E-state index in [1.807, 2.05) is 0 Å². The fraction of sp³-hybridized carbons (Fsp3) is 0.417. The predicted molar refractivity (Wildman–Crippen MR) is 78.6 cm³/mol. The minimum atomic E-state index is -3.20. The van der Waals surface area contributed by atoms with E-state index >= 15 is 0 Å². The van der Waals surface area contributed by atoms with Crippen LogP contribution in [0.4, 0.5) is 0 Å². The van der Waals surface area contributed by atoms with Crippen LogP contribution in [-0.4, -0.2) is 41.0 Å². The molecule has 0 fully saturated rings. The van der Waals surface area contributed by atoms with Gasteiger partial charge >= 0.3 is 5.97 Å². The molecule has 0 amide bonds. The summed E-state index contributed by atoms with van der Waals surface area (Å²) in [5.74, 6) is -1.39. The van der Waals surface area contributed by atoms with Gasteiger partial charge in [0.25, 0.3) is 0 Å². The van der Waals surface area contributed by atoms with Crippen molar-refractivity contribution in [3.8, 4) is 0 Å². The Kier molecular flexibility index (Phi) is 6.16. The van der Waals surface area contributed by atoms with Gasteiger partial charge in [-0.2, -0.15) is 0 Å². The van der Waals surface area contributed by atoms with Crippen LogP contribution in [0.15, 0.2) is 23.1 Å². The lowest BCUT2D eigenvalue weighted by molar-refractivity contribution is 0.0697. The Hall–Kier alpha value is -0.920. The highest BCUT2D eigenvalue weighted by Gasteiger charge is 2.15. The van der Waals surface area contributed by atoms with E-state index in [4.69, 9.17) is 16.7 Å². The summed E-state index contributed by atoms with van der Waals surface area (Å²) in [4.78, 5) is 11.2. The van der Waals surface area contributed by atoms with E-state index in [1.165, 1.54) is 18.2 Å². The fourth-order valence-electron chi connectivity index (χ4n) is 1.54. The Morgan fingerprint density at radius 2 is 2.00 bits per heavy atom. The molecule has 1 N–H and O–H groups in total. The highest BCUT2D eigenvalue weighted by atomic mass is 35.5. The second-order valence-electron chi connectivity index (χ2n) is 4.15. The Morgan fingerprint density at radius 3 is 2.55 bits per heavy atom. The zero-order valence-corrected chi connectivity index (χ0v) is 13.2. The lowest BCUT2D eigenvalue weighted by Crippen LogP contribution is -2.16. The average molecular weight is 339 g/mol. The van der Waals surface area contributed by atoms with Gasteiger partial charge in [-0.3, -0.25) is 4.21 Å². The van der Waals surface area contributed by atoms with Crippen molar-refractivity contribution >= 4 is 38.2 Å². The highest BCUT2D eigenvalue weighted by Crippen LogP contribution is 2.20. The number of rotatable bonds is 7. The van der Waals surface area contributed by atoms with Gasteiger partial charge in [-0.05, 0) is 24.6 Å². The quantitative estimate of drug-likeness (QED) is 0.821. The summed E-state index contributed by atoms with van der Waals surface area (Å²) in [5, 5.41) is 8.97. The first kappa shape index (κ1) is 17.1. The molecule has 0 aliphatic carbocycles. The molecule has 8 heteroatoms. The number of carbonyl (C=O) groups is 1. The summed E-state index contributed by atoms with van der Waals surface area (Å²) in [6, 6.07) is 4.00. The molecule has 0 bridgehead atoms. The van der Waals surface area contributed by atoms with Gasteiger partial charge in [-0.25, -0.2) is 13.2 Å². The molecular weight excluding hydrogens is 324 g/mol. The summed E-state index contributed by atoms with van der Waals surface area (Å²) < 4.78 is 35.1. The highest BCUT2D eigenvalue weighted by molar-refractivity contribution is 7.93. The Morgan fingerprint density at radius 1 is 1.35 bits per heavy atom. The molecule has 1 atom stereocenters. The third kappa shape index (κ3) is 4.88. The van der Waals surface area contributed by atoms with Crippen LogP contribution in [0, 0.1) is 0 Å². The topological polar surface area (TPSA) is 88.5 Å². The minimum Gasteiger partial charge on any atom is -0.478 e. The van der Waals surface area contributed by atoms with Crippen molar-refractivity contribution in [1.29, 1.82) is 0 Å². The van der Waals surface area contributed by atoms with E-state index < -0.39 is 26.6 Å².